The van der Waals surface area contributed by atoms with E-state index in [1.807, 2.05) is 29.8 Å². The maximum absolute atomic E-state index is 11.2. The summed E-state index contributed by atoms with van der Waals surface area (Å²) in [5.74, 6) is -1.65. The van der Waals surface area contributed by atoms with Gasteiger partial charge in [-0.15, -0.1) is 0 Å². The van der Waals surface area contributed by atoms with E-state index in [0.717, 1.165) is 16.6 Å². The van der Waals surface area contributed by atoms with Crippen LogP contribution < -0.4 is 5.32 Å². The first-order chi connectivity index (χ1) is 8.61. The van der Waals surface area contributed by atoms with Crippen LogP contribution >= 0.6 is 0 Å². The lowest BCUT2D eigenvalue weighted by Gasteiger charge is -2.04. The Bertz CT molecular complexity index is 604. The summed E-state index contributed by atoms with van der Waals surface area (Å²) in [7, 11) is 3.08. The molecule has 94 valence electrons. The normalized spacial score (nSPS) is 10.3. The quantitative estimate of drug-likeness (QED) is 0.614. The second-order valence-electron chi connectivity index (χ2n) is 3.85. The number of aryl methyl sites for hydroxylation is 1. The molecular weight excluding hydrogens is 234 g/mol. The molecule has 0 fully saturated rings. The maximum Gasteiger partial charge on any atom is 0.396 e. The van der Waals surface area contributed by atoms with Crippen LogP contribution in [0.25, 0.3) is 11.0 Å². The molecule has 0 aliphatic rings. The molecule has 0 spiro atoms. The van der Waals surface area contributed by atoms with E-state index in [1.165, 1.54) is 7.11 Å². The smallest absolute Gasteiger partial charge is 0.396 e. The zero-order valence-electron chi connectivity index (χ0n) is 10.1. The Balaban J connectivity index is 2.08. The fourth-order valence-corrected chi connectivity index (χ4v) is 1.64. The molecule has 0 unspecified atom stereocenters. The lowest BCUT2D eigenvalue weighted by Crippen LogP contribution is -2.31. The highest BCUT2D eigenvalue weighted by Crippen LogP contribution is 2.13. The SMILES string of the molecule is COC(=O)C(=O)NCc1ccc2c(c1)ncn2C. The van der Waals surface area contributed by atoms with Gasteiger partial charge in [0.1, 0.15) is 0 Å². The number of esters is 1. The van der Waals surface area contributed by atoms with Gasteiger partial charge in [0.05, 0.1) is 24.5 Å². The van der Waals surface area contributed by atoms with Crippen LogP contribution in [0.3, 0.4) is 0 Å². The maximum atomic E-state index is 11.2. The van der Waals surface area contributed by atoms with Crippen molar-refractivity contribution in [2.45, 2.75) is 6.54 Å². The Kier molecular flexibility index (Phi) is 3.27. The van der Waals surface area contributed by atoms with Crippen molar-refractivity contribution < 1.29 is 14.3 Å². The van der Waals surface area contributed by atoms with Crippen LogP contribution in [0.2, 0.25) is 0 Å². The minimum atomic E-state index is -0.895. The monoisotopic (exact) mass is 247 g/mol. The third-order valence-corrected chi connectivity index (χ3v) is 2.61. The number of hydrogen-bond acceptors (Lipinski definition) is 4. The van der Waals surface area contributed by atoms with E-state index in [2.05, 4.69) is 15.0 Å². The van der Waals surface area contributed by atoms with E-state index in [1.54, 1.807) is 6.33 Å². The number of methoxy groups -OCH3 is 1. The summed E-state index contributed by atoms with van der Waals surface area (Å²) in [4.78, 5) is 26.3. The highest BCUT2D eigenvalue weighted by atomic mass is 16.5. The predicted octanol–water partition coefficient (Wildman–Crippen LogP) is 0.362. The molecule has 18 heavy (non-hydrogen) atoms. The number of nitrogens with one attached hydrogen (secondary N) is 1. The van der Waals surface area contributed by atoms with Gasteiger partial charge in [-0.25, -0.2) is 9.78 Å². The van der Waals surface area contributed by atoms with Gasteiger partial charge in [0, 0.05) is 13.6 Å². The van der Waals surface area contributed by atoms with Crippen LogP contribution in [0.5, 0.6) is 0 Å². The van der Waals surface area contributed by atoms with Crippen molar-refractivity contribution in [2.24, 2.45) is 7.05 Å². The van der Waals surface area contributed by atoms with Crippen molar-refractivity contribution in [3.63, 3.8) is 0 Å². The zero-order valence-corrected chi connectivity index (χ0v) is 10.1. The number of imidazole rings is 1. The van der Waals surface area contributed by atoms with Gasteiger partial charge in [0.2, 0.25) is 0 Å². The second-order valence-corrected chi connectivity index (χ2v) is 3.85. The molecule has 1 aromatic heterocycles. The van der Waals surface area contributed by atoms with E-state index in [9.17, 15) is 9.59 Å². The Morgan fingerprint density at radius 2 is 2.22 bits per heavy atom. The van der Waals surface area contributed by atoms with Gasteiger partial charge in [0.15, 0.2) is 0 Å². The van der Waals surface area contributed by atoms with Gasteiger partial charge in [-0.05, 0) is 17.7 Å². The fourth-order valence-electron chi connectivity index (χ4n) is 1.64. The number of hydrogen-bond donors (Lipinski definition) is 1. The van der Waals surface area contributed by atoms with E-state index in [0.29, 0.717) is 0 Å². The van der Waals surface area contributed by atoms with Gasteiger partial charge in [-0.1, -0.05) is 6.07 Å². The molecular formula is C12H13N3O3. The number of carbonyl (C=O) groups is 2. The molecule has 0 aliphatic carbocycles. The van der Waals surface area contributed by atoms with Crippen molar-refractivity contribution >= 4 is 22.9 Å². The average molecular weight is 247 g/mol. The van der Waals surface area contributed by atoms with Crippen LogP contribution in [-0.2, 0) is 27.9 Å². The first-order valence-electron chi connectivity index (χ1n) is 5.38. The van der Waals surface area contributed by atoms with Crippen molar-refractivity contribution in [3.8, 4) is 0 Å². The summed E-state index contributed by atoms with van der Waals surface area (Å²) in [5.41, 5.74) is 2.74. The van der Waals surface area contributed by atoms with Gasteiger partial charge >= 0.3 is 11.9 Å². The highest BCUT2D eigenvalue weighted by molar-refractivity contribution is 6.32. The summed E-state index contributed by atoms with van der Waals surface area (Å²) in [6.45, 7) is 0.264. The summed E-state index contributed by atoms with van der Waals surface area (Å²) < 4.78 is 6.22. The van der Waals surface area contributed by atoms with Crippen LogP contribution in [0, 0.1) is 0 Å². The molecule has 1 amide bonds. The lowest BCUT2D eigenvalue weighted by molar-refractivity contribution is -0.152. The number of benzene rings is 1. The van der Waals surface area contributed by atoms with Crippen LogP contribution in [0.1, 0.15) is 5.56 Å². The third-order valence-electron chi connectivity index (χ3n) is 2.61. The van der Waals surface area contributed by atoms with Gasteiger partial charge in [-0.3, -0.25) is 4.79 Å². The summed E-state index contributed by atoms with van der Waals surface area (Å²) >= 11 is 0. The standard InChI is InChI=1S/C12H13N3O3/c1-15-7-14-9-5-8(3-4-10(9)15)6-13-11(16)12(17)18-2/h3-5,7H,6H2,1-2H3,(H,13,16). The van der Waals surface area contributed by atoms with Crippen LogP contribution in [-0.4, -0.2) is 28.5 Å². The van der Waals surface area contributed by atoms with Crippen molar-refractivity contribution in [1.82, 2.24) is 14.9 Å². The minimum Gasteiger partial charge on any atom is -0.462 e. The second kappa shape index (κ2) is 4.87. The molecule has 6 nitrogen and oxygen atoms in total. The van der Waals surface area contributed by atoms with E-state index >= 15 is 0 Å². The Morgan fingerprint density at radius 1 is 1.44 bits per heavy atom. The average Bonchev–Trinajstić information content (AvgIpc) is 2.76. The van der Waals surface area contributed by atoms with E-state index in [4.69, 9.17) is 0 Å². The molecule has 2 aromatic rings. The number of carbonyl (C=O) groups excluding carboxylic acids is 2. The topological polar surface area (TPSA) is 73.2 Å². The first-order valence-corrected chi connectivity index (χ1v) is 5.38. The molecule has 0 saturated carbocycles. The fraction of sp³-hybridized carbons (Fsp3) is 0.250. The van der Waals surface area contributed by atoms with Crippen molar-refractivity contribution in [2.75, 3.05) is 7.11 Å². The predicted molar refractivity (Wildman–Crippen MR) is 64.6 cm³/mol. The number of ether oxygens (including phenoxy) is 1. The number of nitrogens with zero attached hydrogens (tertiary/aromatic N) is 2. The largest absolute Gasteiger partial charge is 0.462 e. The summed E-state index contributed by atoms with van der Waals surface area (Å²) in [5, 5.41) is 2.47. The number of amides is 1. The van der Waals surface area contributed by atoms with E-state index < -0.39 is 11.9 Å². The highest BCUT2D eigenvalue weighted by Gasteiger charge is 2.12. The summed E-state index contributed by atoms with van der Waals surface area (Å²) in [6, 6.07) is 5.66. The number of aromatic nitrogens is 2. The van der Waals surface area contributed by atoms with E-state index in [-0.39, 0.29) is 6.54 Å². The molecule has 1 aromatic carbocycles. The van der Waals surface area contributed by atoms with Crippen LogP contribution in [0.15, 0.2) is 24.5 Å². The molecule has 6 heteroatoms. The summed E-state index contributed by atoms with van der Waals surface area (Å²) in [6.07, 6.45) is 1.72. The van der Waals surface area contributed by atoms with Crippen molar-refractivity contribution in [1.29, 1.82) is 0 Å². The van der Waals surface area contributed by atoms with Gasteiger partial charge in [-0.2, -0.15) is 0 Å². The van der Waals surface area contributed by atoms with Gasteiger partial charge < -0.3 is 14.6 Å². The van der Waals surface area contributed by atoms with Crippen molar-refractivity contribution in [3.05, 3.63) is 30.1 Å². The molecule has 2 rings (SSSR count). The lowest BCUT2D eigenvalue weighted by atomic mass is 10.2. The zero-order chi connectivity index (χ0) is 13.1. The van der Waals surface area contributed by atoms with Gasteiger partial charge in [0.25, 0.3) is 0 Å². The first kappa shape index (κ1) is 12.1. The molecule has 0 radical (unpaired) electrons. The number of fused-ring (bicyclic) bond motifs is 1. The molecule has 1 heterocycles. The molecule has 1 N–H and O–H groups in total. The molecule has 0 aliphatic heterocycles. The molecule has 0 bridgehead atoms. The van der Waals surface area contributed by atoms with Crippen LogP contribution in [0.4, 0.5) is 0 Å². The molecule has 0 atom stereocenters. The number of rotatable bonds is 2. The third kappa shape index (κ3) is 2.32. The minimum absolute atomic E-state index is 0.264. The Labute approximate surface area is 104 Å². The Hall–Kier alpha value is -2.37. The Morgan fingerprint density at radius 3 is 2.94 bits per heavy atom. The molecule has 0 saturated heterocycles.